The van der Waals surface area contributed by atoms with Gasteiger partial charge in [0.2, 0.25) is 0 Å². The molecule has 0 aromatic heterocycles. The number of ether oxygens (including phenoxy) is 1. The third-order valence-electron chi connectivity index (χ3n) is 5.29. The van der Waals surface area contributed by atoms with Crippen LogP contribution in [-0.2, 0) is 4.74 Å². The molecule has 0 spiro atoms. The first-order valence-electron chi connectivity index (χ1n) is 9.89. The number of anilines is 2. The van der Waals surface area contributed by atoms with Crippen molar-refractivity contribution in [2.24, 2.45) is 0 Å². The lowest BCUT2D eigenvalue weighted by Gasteiger charge is -2.35. The van der Waals surface area contributed by atoms with Crippen LogP contribution in [0.15, 0.2) is 18.2 Å². The van der Waals surface area contributed by atoms with E-state index < -0.39 is 0 Å². The molecular formula is C20H30ClN3O2. The molecule has 0 radical (unpaired) electrons. The van der Waals surface area contributed by atoms with Gasteiger partial charge in [-0.3, -0.25) is 0 Å². The predicted octanol–water partition coefficient (Wildman–Crippen LogP) is 4.75. The molecule has 1 saturated carbocycles. The van der Waals surface area contributed by atoms with E-state index in [1.165, 1.54) is 19.3 Å². The second kappa shape index (κ2) is 9.47. The Labute approximate surface area is 161 Å². The van der Waals surface area contributed by atoms with Gasteiger partial charge in [-0.25, -0.2) is 4.79 Å². The van der Waals surface area contributed by atoms with Crippen LogP contribution in [0.1, 0.15) is 45.4 Å². The highest BCUT2D eigenvalue weighted by molar-refractivity contribution is 6.31. The number of carbonyl (C=O) groups is 1. The van der Waals surface area contributed by atoms with Crippen LogP contribution < -0.4 is 10.2 Å². The Kier molecular flexibility index (Phi) is 7.03. The molecule has 2 aliphatic rings. The van der Waals surface area contributed by atoms with Crippen LogP contribution in [0.4, 0.5) is 16.2 Å². The zero-order valence-corrected chi connectivity index (χ0v) is 16.4. The molecule has 1 aromatic rings. The average Bonchev–Trinajstić information content (AvgIpc) is 2.67. The lowest BCUT2D eigenvalue weighted by atomic mass is 9.94. The summed E-state index contributed by atoms with van der Waals surface area (Å²) >= 11 is 6.22. The van der Waals surface area contributed by atoms with Crippen molar-refractivity contribution in [3.05, 3.63) is 23.2 Å². The van der Waals surface area contributed by atoms with Crippen molar-refractivity contribution in [1.82, 2.24) is 4.90 Å². The van der Waals surface area contributed by atoms with Gasteiger partial charge in [-0.1, -0.05) is 37.8 Å². The van der Waals surface area contributed by atoms with E-state index in [1.807, 2.05) is 23.1 Å². The van der Waals surface area contributed by atoms with Gasteiger partial charge in [0.05, 0.1) is 24.6 Å². The van der Waals surface area contributed by atoms with E-state index in [0.29, 0.717) is 24.3 Å². The van der Waals surface area contributed by atoms with Crippen molar-refractivity contribution in [1.29, 1.82) is 0 Å². The molecule has 0 atom stereocenters. The lowest BCUT2D eigenvalue weighted by Crippen LogP contribution is -2.44. The van der Waals surface area contributed by atoms with Crippen LogP contribution >= 0.6 is 11.6 Å². The number of nitrogens with one attached hydrogen (secondary N) is 1. The Morgan fingerprint density at radius 1 is 1.27 bits per heavy atom. The molecule has 3 rings (SSSR count). The molecule has 0 bridgehead atoms. The zero-order valence-electron chi connectivity index (χ0n) is 15.7. The standard InChI is InChI=1S/C20H30ClN3O2/c1-2-10-24(17-6-4-3-5-7-17)20(25)22-18-15-16(21)8-9-19(18)23-11-13-26-14-12-23/h8-9,15,17H,2-7,10-14H2,1H3,(H,22,25). The Morgan fingerprint density at radius 3 is 2.69 bits per heavy atom. The van der Waals surface area contributed by atoms with Crippen LogP contribution in [0, 0.1) is 0 Å². The SMILES string of the molecule is CCCN(C(=O)Nc1cc(Cl)ccc1N1CCOCC1)C1CCCCC1. The number of hydrogen-bond acceptors (Lipinski definition) is 3. The number of carbonyl (C=O) groups excluding carboxylic acids is 1. The highest BCUT2D eigenvalue weighted by Gasteiger charge is 2.26. The lowest BCUT2D eigenvalue weighted by molar-refractivity contribution is 0.123. The van der Waals surface area contributed by atoms with E-state index in [0.717, 1.165) is 50.3 Å². The Balaban J connectivity index is 1.76. The second-order valence-corrected chi connectivity index (χ2v) is 7.61. The number of halogens is 1. The van der Waals surface area contributed by atoms with E-state index in [1.54, 1.807) is 0 Å². The van der Waals surface area contributed by atoms with Crippen LogP contribution in [0.3, 0.4) is 0 Å². The zero-order chi connectivity index (χ0) is 18.4. The molecule has 1 heterocycles. The average molecular weight is 380 g/mol. The van der Waals surface area contributed by atoms with Crippen LogP contribution in [0.5, 0.6) is 0 Å². The fraction of sp³-hybridized carbons (Fsp3) is 0.650. The van der Waals surface area contributed by atoms with E-state index >= 15 is 0 Å². The van der Waals surface area contributed by atoms with Gasteiger partial charge in [0.1, 0.15) is 0 Å². The number of rotatable bonds is 5. The first-order valence-corrected chi connectivity index (χ1v) is 10.3. The number of amides is 2. The summed E-state index contributed by atoms with van der Waals surface area (Å²) in [5.74, 6) is 0. The number of urea groups is 1. The third kappa shape index (κ3) is 4.83. The minimum Gasteiger partial charge on any atom is -0.378 e. The number of morpholine rings is 1. The van der Waals surface area contributed by atoms with Gasteiger partial charge in [-0.05, 0) is 37.5 Å². The summed E-state index contributed by atoms with van der Waals surface area (Å²) in [6.07, 6.45) is 6.91. The largest absolute Gasteiger partial charge is 0.378 e. The van der Waals surface area contributed by atoms with Gasteiger partial charge in [0.15, 0.2) is 0 Å². The number of benzene rings is 1. The van der Waals surface area contributed by atoms with Crippen LogP contribution in [0.2, 0.25) is 5.02 Å². The van der Waals surface area contributed by atoms with Crippen molar-refractivity contribution in [2.75, 3.05) is 43.1 Å². The molecule has 2 fully saturated rings. The Morgan fingerprint density at radius 2 is 2.00 bits per heavy atom. The van der Waals surface area contributed by atoms with Crippen LogP contribution in [0.25, 0.3) is 0 Å². The van der Waals surface area contributed by atoms with Crippen molar-refractivity contribution in [3.8, 4) is 0 Å². The maximum Gasteiger partial charge on any atom is 0.322 e. The second-order valence-electron chi connectivity index (χ2n) is 7.18. The highest BCUT2D eigenvalue weighted by Crippen LogP contribution is 2.31. The van der Waals surface area contributed by atoms with Gasteiger partial charge in [-0.2, -0.15) is 0 Å². The van der Waals surface area contributed by atoms with E-state index in [4.69, 9.17) is 16.3 Å². The van der Waals surface area contributed by atoms with Gasteiger partial charge in [0, 0.05) is 30.7 Å². The van der Waals surface area contributed by atoms with Crippen molar-refractivity contribution < 1.29 is 9.53 Å². The highest BCUT2D eigenvalue weighted by atomic mass is 35.5. The molecule has 1 aromatic carbocycles. The molecule has 0 unspecified atom stereocenters. The maximum atomic E-state index is 13.1. The fourth-order valence-electron chi connectivity index (χ4n) is 3.96. The third-order valence-corrected chi connectivity index (χ3v) is 5.53. The summed E-state index contributed by atoms with van der Waals surface area (Å²) in [7, 11) is 0. The molecule has 6 heteroatoms. The first kappa shape index (κ1) is 19.3. The number of nitrogens with zero attached hydrogens (tertiary/aromatic N) is 2. The number of hydrogen-bond donors (Lipinski definition) is 1. The monoisotopic (exact) mass is 379 g/mol. The molecule has 1 aliphatic heterocycles. The summed E-state index contributed by atoms with van der Waals surface area (Å²) in [5, 5.41) is 3.79. The van der Waals surface area contributed by atoms with Crippen LogP contribution in [-0.4, -0.2) is 49.8 Å². The van der Waals surface area contributed by atoms with E-state index in [9.17, 15) is 4.79 Å². The molecule has 1 saturated heterocycles. The topological polar surface area (TPSA) is 44.8 Å². The minimum absolute atomic E-state index is 0.00414. The summed E-state index contributed by atoms with van der Waals surface area (Å²) in [6.45, 7) is 5.99. The minimum atomic E-state index is -0.00414. The maximum absolute atomic E-state index is 13.1. The molecule has 5 nitrogen and oxygen atoms in total. The normalized spacial score (nSPS) is 18.6. The van der Waals surface area contributed by atoms with Gasteiger partial charge < -0.3 is 19.9 Å². The van der Waals surface area contributed by atoms with Gasteiger partial charge in [-0.15, -0.1) is 0 Å². The van der Waals surface area contributed by atoms with Crippen molar-refractivity contribution >= 4 is 29.0 Å². The molecule has 2 amide bonds. The summed E-state index contributed by atoms with van der Waals surface area (Å²) in [6, 6.07) is 6.08. The Bertz CT molecular complexity index is 599. The molecule has 144 valence electrons. The molecular weight excluding hydrogens is 350 g/mol. The first-order chi connectivity index (χ1) is 12.7. The van der Waals surface area contributed by atoms with E-state index in [2.05, 4.69) is 17.1 Å². The quantitative estimate of drug-likeness (QED) is 0.802. The van der Waals surface area contributed by atoms with Gasteiger partial charge in [0.25, 0.3) is 0 Å². The van der Waals surface area contributed by atoms with Gasteiger partial charge >= 0.3 is 6.03 Å². The fourth-order valence-corrected chi connectivity index (χ4v) is 4.13. The van der Waals surface area contributed by atoms with Crippen molar-refractivity contribution in [2.45, 2.75) is 51.5 Å². The Hall–Kier alpha value is -1.46. The molecule has 26 heavy (non-hydrogen) atoms. The smallest absolute Gasteiger partial charge is 0.322 e. The molecule has 1 N–H and O–H groups in total. The van der Waals surface area contributed by atoms with E-state index in [-0.39, 0.29) is 6.03 Å². The predicted molar refractivity (Wildman–Crippen MR) is 107 cm³/mol. The summed E-state index contributed by atoms with van der Waals surface area (Å²) < 4.78 is 5.45. The summed E-state index contributed by atoms with van der Waals surface area (Å²) in [5.41, 5.74) is 1.81. The summed E-state index contributed by atoms with van der Waals surface area (Å²) in [4.78, 5) is 17.4. The molecule has 1 aliphatic carbocycles. The van der Waals surface area contributed by atoms with Crippen molar-refractivity contribution in [3.63, 3.8) is 0 Å².